The number of sulfonamides is 1. The molecule has 0 amide bonds. The van der Waals surface area contributed by atoms with E-state index in [4.69, 9.17) is 0 Å². The summed E-state index contributed by atoms with van der Waals surface area (Å²) in [5, 5.41) is 0. The van der Waals surface area contributed by atoms with Crippen LogP contribution in [0.25, 0.3) is 0 Å². The van der Waals surface area contributed by atoms with Gasteiger partial charge in [0, 0.05) is 6.04 Å². The average Bonchev–Trinajstić information content (AvgIpc) is 2.90. The highest BCUT2D eigenvalue weighted by molar-refractivity contribution is 7.92. The Morgan fingerprint density at radius 2 is 2.05 bits per heavy atom. The van der Waals surface area contributed by atoms with Gasteiger partial charge in [0.25, 0.3) is 10.0 Å². The van der Waals surface area contributed by atoms with Gasteiger partial charge in [0.15, 0.2) is 9.90 Å². The molecule has 1 fully saturated rings. The zero-order valence-electron chi connectivity index (χ0n) is 11.1. The van der Waals surface area contributed by atoms with Crippen LogP contribution in [-0.4, -0.2) is 52.4 Å². The number of thiazole rings is 1. The van der Waals surface area contributed by atoms with Crippen molar-refractivity contribution in [1.82, 2.24) is 9.71 Å². The Balaban J connectivity index is 2.17. The normalized spacial score (nSPS) is 19.3. The average molecular weight is 354 g/mol. The topological polar surface area (TPSA) is 120 Å². The van der Waals surface area contributed by atoms with E-state index in [2.05, 4.69) is 14.4 Å². The van der Waals surface area contributed by atoms with Crippen LogP contribution in [0.1, 0.15) is 23.3 Å². The third-order valence-corrected chi connectivity index (χ3v) is 7.64. The van der Waals surface area contributed by atoms with Gasteiger partial charge in [-0.1, -0.05) is 0 Å². The summed E-state index contributed by atoms with van der Waals surface area (Å²) in [5.41, 5.74) is 0.977. The minimum Gasteiger partial charge on any atom is -0.464 e. The number of carbonyl (C=O) groups is 1. The zero-order chi connectivity index (χ0) is 15.7. The summed E-state index contributed by atoms with van der Waals surface area (Å²) in [4.78, 5) is 15.2. The van der Waals surface area contributed by atoms with Crippen molar-refractivity contribution >= 4 is 37.2 Å². The summed E-state index contributed by atoms with van der Waals surface area (Å²) in [6.45, 7) is 0. The number of sulfone groups is 1. The summed E-state index contributed by atoms with van der Waals surface area (Å²) in [5.74, 6) is -0.928. The third kappa shape index (κ3) is 3.78. The minimum absolute atomic E-state index is 0.0489. The molecule has 11 heteroatoms. The largest absolute Gasteiger partial charge is 0.464 e. The fourth-order valence-corrected chi connectivity index (χ4v) is 5.88. The summed E-state index contributed by atoms with van der Waals surface area (Å²) < 4.78 is 53.9. The van der Waals surface area contributed by atoms with Gasteiger partial charge in [0.05, 0.1) is 24.1 Å². The van der Waals surface area contributed by atoms with Gasteiger partial charge in [-0.25, -0.2) is 31.3 Å². The molecule has 0 aromatic carbocycles. The lowest BCUT2D eigenvalue weighted by Gasteiger charge is -2.22. The van der Waals surface area contributed by atoms with E-state index in [9.17, 15) is 21.6 Å². The second-order valence-electron chi connectivity index (χ2n) is 4.53. The van der Waals surface area contributed by atoms with E-state index in [-0.39, 0.29) is 34.3 Å². The molecule has 0 bridgehead atoms. The van der Waals surface area contributed by atoms with E-state index in [1.54, 1.807) is 0 Å². The molecule has 0 spiro atoms. The minimum atomic E-state index is -3.93. The van der Waals surface area contributed by atoms with Crippen molar-refractivity contribution in [1.29, 1.82) is 0 Å². The number of hydrogen-bond donors (Lipinski definition) is 1. The van der Waals surface area contributed by atoms with Crippen LogP contribution in [0.5, 0.6) is 0 Å². The highest BCUT2D eigenvalue weighted by Gasteiger charge is 2.31. The smallest absolute Gasteiger partial charge is 0.358 e. The number of esters is 1. The second kappa shape index (κ2) is 5.99. The Labute approximate surface area is 126 Å². The second-order valence-corrected chi connectivity index (χ2v) is 9.60. The van der Waals surface area contributed by atoms with Crippen LogP contribution in [0.15, 0.2) is 9.72 Å². The Morgan fingerprint density at radius 1 is 1.43 bits per heavy atom. The lowest BCUT2D eigenvalue weighted by Crippen LogP contribution is -2.40. The summed E-state index contributed by atoms with van der Waals surface area (Å²) in [6.07, 6.45) is 0.432. The molecule has 2 rings (SSSR count). The van der Waals surface area contributed by atoms with Gasteiger partial charge in [-0.05, 0) is 12.8 Å². The van der Waals surface area contributed by atoms with E-state index < -0.39 is 31.9 Å². The van der Waals surface area contributed by atoms with Gasteiger partial charge >= 0.3 is 5.97 Å². The highest BCUT2D eigenvalue weighted by atomic mass is 32.2. The molecule has 1 aromatic heterocycles. The van der Waals surface area contributed by atoms with Gasteiger partial charge in [-0.3, -0.25) is 0 Å². The van der Waals surface area contributed by atoms with Crippen molar-refractivity contribution in [2.75, 3.05) is 18.6 Å². The number of rotatable bonds is 4. The molecule has 0 atom stereocenters. The van der Waals surface area contributed by atoms with Crippen LogP contribution < -0.4 is 4.72 Å². The first-order valence-corrected chi connectivity index (χ1v) is 10.2. The molecular weight excluding hydrogens is 340 g/mol. The maximum atomic E-state index is 12.3. The zero-order valence-corrected chi connectivity index (χ0v) is 13.6. The molecule has 1 aliphatic heterocycles. The van der Waals surface area contributed by atoms with Crippen molar-refractivity contribution in [2.45, 2.75) is 23.1 Å². The van der Waals surface area contributed by atoms with Crippen molar-refractivity contribution < 1.29 is 26.4 Å². The molecule has 8 nitrogen and oxygen atoms in total. The first-order chi connectivity index (χ1) is 9.75. The molecule has 1 saturated heterocycles. The lowest BCUT2D eigenvalue weighted by atomic mass is 10.2. The van der Waals surface area contributed by atoms with E-state index in [0.717, 1.165) is 18.4 Å². The predicted molar refractivity (Wildman–Crippen MR) is 75.5 cm³/mol. The summed E-state index contributed by atoms with van der Waals surface area (Å²) in [6, 6.07) is -0.467. The van der Waals surface area contributed by atoms with E-state index in [0.29, 0.717) is 0 Å². The molecule has 0 saturated carbocycles. The Bertz CT molecular complexity index is 723. The number of nitrogens with zero attached hydrogens (tertiary/aromatic N) is 1. The maximum Gasteiger partial charge on any atom is 0.358 e. The maximum absolute atomic E-state index is 12.3. The number of ether oxygens (including phenoxy) is 1. The Morgan fingerprint density at radius 3 is 2.62 bits per heavy atom. The van der Waals surface area contributed by atoms with Gasteiger partial charge < -0.3 is 4.74 Å². The predicted octanol–water partition coefficient (Wildman–Crippen LogP) is -0.215. The number of carbonyl (C=O) groups excluding carboxylic acids is 1. The van der Waals surface area contributed by atoms with Gasteiger partial charge in [-0.15, -0.1) is 11.3 Å². The first-order valence-electron chi connectivity index (χ1n) is 6.00. The van der Waals surface area contributed by atoms with Crippen LogP contribution in [0.4, 0.5) is 0 Å². The van der Waals surface area contributed by atoms with Crippen LogP contribution in [0, 0.1) is 0 Å². The molecule has 0 aliphatic carbocycles. The number of methoxy groups -OCH3 is 1. The molecule has 21 heavy (non-hydrogen) atoms. The first kappa shape index (κ1) is 16.3. The van der Waals surface area contributed by atoms with E-state index >= 15 is 0 Å². The van der Waals surface area contributed by atoms with Crippen LogP contribution in [0.3, 0.4) is 0 Å². The van der Waals surface area contributed by atoms with E-state index in [1.165, 1.54) is 5.51 Å². The molecular formula is C10H14N2O6S3. The van der Waals surface area contributed by atoms with Crippen molar-refractivity contribution in [3.63, 3.8) is 0 Å². The standard InChI is InChI=1S/C10H14N2O6S3/c1-18-9(13)8-10(19-6-11-8)21(16,17)12-7-2-4-20(14,15)5-3-7/h6-7,12H,2-5H2,1H3. The summed E-state index contributed by atoms with van der Waals surface area (Å²) >= 11 is 0.808. The fraction of sp³-hybridized carbons (Fsp3) is 0.600. The highest BCUT2D eigenvalue weighted by Crippen LogP contribution is 2.22. The summed E-state index contributed by atoms with van der Waals surface area (Å²) in [7, 11) is -5.86. The number of hydrogen-bond acceptors (Lipinski definition) is 8. The van der Waals surface area contributed by atoms with Crippen LogP contribution in [0.2, 0.25) is 0 Å². The quantitative estimate of drug-likeness (QED) is 0.743. The van der Waals surface area contributed by atoms with Gasteiger partial charge in [-0.2, -0.15) is 0 Å². The van der Waals surface area contributed by atoms with Crippen molar-refractivity contribution in [3.05, 3.63) is 11.2 Å². The van der Waals surface area contributed by atoms with Gasteiger partial charge in [0.2, 0.25) is 0 Å². The molecule has 1 N–H and O–H groups in total. The monoisotopic (exact) mass is 354 g/mol. The fourth-order valence-electron chi connectivity index (χ4n) is 1.94. The third-order valence-electron chi connectivity index (χ3n) is 3.03. The van der Waals surface area contributed by atoms with Crippen molar-refractivity contribution in [3.8, 4) is 0 Å². The number of nitrogens with one attached hydrogen (secondary N) is 1. The molecule has 2 heterocycles. The molecule has 118 valence electrons. The molecule has 0 unspecified atom stereocenters. The Kier molecular flexibility index (Phi) is 4.66. The molecule has 1 aliphatic rings. The molecule has 0 radical (unpaired) electrons. The molecule has 1 aromatic rings. The number of aromatic nitrogens is 1. The Hall–Kier alpha value is -1.04. The van der Waals surface area contributed by atoms with Crippen molar-refractivity contribution in [2.24, 2.45) is 0 Å². The van der Waals surface area contributed by atoms with Crippen LogP contribution >= 0.6 is 11.3 Å². The lowest BCUT2D eigenvalue weighted by molar-refractivity contribution is 0.0590. The van der Waals surface area contributed by atoms with E-state index in [1.807, 2.05) is 0 Å². The SMILES string of the molecule is COC(=O)c1ncsc1S(=O)(=O)NC1CCS(=O)(=O)CC1. The van der Waals surface area contributed by atoms with Gasteiger partial charge in [0.1, 0.15) is 9.84 Å². The van der Waals surface area contributed by atoms with Crippen LogP contribution in [-0.2, 0) is 24.6 Å².